The maximum atomic E-state index is 10.7. The zero-order valence-corrected chi connectivity index (χ0v) is 13.9. The number of hydrogen-bond acceptors (Lipinski definition) is 3. The van der Waals surface area contributed by atoms with Gasteiger partial charge >= 0.3 is 0 Å². The molecule has 0 aromatic heterocycles. The summed E-state index contributed by atoms with van der Waals surface area (Å²) in [5.41, 5.74) is 0.554. The zero-order valence-electron chi connectivity index (χ0n) is 9.98. The van der Waals surface area contributed by atoms with Gasteiger partial charge in [0.2, 0.25) is 0 Å². The van der Waals surface area contributed by atoms with Crippen molar-refractivity contribution in [2.24, 2.45) is 0 Å². The molecule has 0 unspecified atom stereocenters. The lowest BCUT2D eigenvalue weighted by atomic mass is 10.2. The van der Waals surface area contributed by atoms with E-state index >= 15 is 0 Å². The third kappa shape index (κ3) is 3.71. The molecule has 2 aromatic carbocycles. The van der Waals surface area contributed by atoms with E-state index in [1.54, 1.807) is 6.07 Å². The van der Waals surface area contributed by atoms with Gasteiger partial charge in [-0.1, -0.05) is 27.5 Å². The first-order valence-electron chi connectivity index (χ1n) is 5.48. The van der Waals surface area contributed by atoms with Gasteiger partial charge < -0.3 is 4.74 Å². The maximum absolute atomic E-state index is 10.7. The van der Waals surface area contributed by atoms with Crippen LogP contribution in [0.25, 0.3) is 0 Å². The Hall–Kier alpha value is -1.11. The molecule has 0 radical (unpaired) electrons. The van der Waals surface area contributed by atoms with Gasteiger partial charge in [-0.25, -0.2) is 0 Å². The number of nitrogens with zero attached hydrogens (tertiary/aromatic N) is 1. The SMILES string of the molecule is O=[N+]([O-])c1ccc(Cl)c(COc2ccc(Br)cc2Br)c1. The van der Waals surface area contributed by atoms with Crippen molar-refractivity contribution in [1.29, 1.82) is 0 Å². The standard InChI is InChI=1S/C13H8Br2ClNO3/c14-9-1-4-13(11(15)6-9)20-7-8-5-10(17(18)19)2-3-12(8)16/h1-6H,7H2. The molecule has 0 atom stereocenters. The van der Waals surface area contributed by atoms with Gasteiger partial charge in [-0.2, -0.15) is 0 Å². The van der Waals surface area contributed by atoms with E-state index in [0.29, 0.717) is 16.3 Å². The summed E-state index contributed by atoms with van der Waals surface area (Å²) in [5, 5.41) is 11.2. The lowest BCUT2D eigenvalue weighted by Crippen LogP contribution is -1.98. The average Bonchev–Trinajstić information content (AvgIpc) is 2.39. The summed E-state index contributed by atoms with van der Waals surface area (Å²) in [5.74, 6) is 0.635. The van der Waals surface area contributed by atoms with Crippen molar-refractivity contribution >= 4 is 49.1 Å². The molecular weight excluding hydrogens is 413 g/mol. The first kappa shape index (κ1) is 15.3. The fraction of sp³-hybridized carbons (Fsp3) is 0.0769. The molecular formula is C13H8Br2ClNO3. The number of benzene rings is 2. The number of ether oxygens (including phenoxy) is 1. The molecule has 2 aromatic rings. The van der Waals surface area contributed by atoms with Crippen LogP contribution in [0.1, 0.15) is 5.56 Å². The predicted octanol–water partition coefficient (Wildman–Crippen LogP) is 5.35. The summed E-state index contributed by atoms with van der Waals surface area (Å²) in [6.07, 6.45) is 0. The molecule has 0 saturated carbocycles. The van der Waals surface area contributed by atoms with Crippen LogP contribution in [-0.4, -0.2) is 4.92 Å². The fourth-order valence-electron chi connectivity index (χ4n) is 1.53. The highest BCUT2D eigenvalue weighted by Gasteiger charge is 2.11. The van der Waals surface area contributed by atoms with Crippen molar-refractivity contribution in [1.82, 2.24) is 0 Å². The van der Waals surface area contributed by atoms with Crippen molar-refractivity contribution in [2.45, 2.75) is 6.61 Å². The van der Waals surface area contributed by atoms with Crippen LogP contribution in [0.15, 0.2) is 45.3 Å². The van der Waals surface area contributed by atoms with Gasteiger partial charge in [0, 0.05) is 27.2 Å². The van der Waals surface area contributed by atoms with E-state index in [4.69, 9.17) is 16.3 Å². The Morgan fingerprint density at radius 2 is 1.95 bits per heavy atom. The summed E-state index contributed by atoms with van der Waals surface area (Å²) >= 11 is 12.7. The average molecular weight is 421 g/mol. The molecule has 104 valence electrons. The molecule has 0 aliphatic rings. The van der Waals surface area contributed by atoms with Crippen molar-refractivity contribution in [3.63, 3.8) is 0 Å². The summed E-state index contributed by atoms with van der Waals surface area (Å²) < 4.78 is 7.33. The Kier molecular flexibility index (Phi) is 5.01. The second-order valence-electron chi connectivity index (χ2n) is 3.90. The van der Waals surface area contributed by atoms with Gasteiger partial charge in [-0.15, -0.1) is 0 Å². The Morgan fingerprint density at radius 1 is 1.20 bits per heavy atom. The minimum Gasteiger partial charge on any atom is -0.488 e. The lowest BCUT2D eigenvalue weighted by Gasteiger charge is -2.09. The second-order valence-corrected chi connectivity index (χ2v) is 6.07. The molecule has 0 N–H and O–H groups in total. The number of rotatable bonds is 4. The molecule has 7 heteroatoms. The lowest BCUT2D eigenvalue weighted by molar-refractivity contribution is -0.384. The van der Waals surface area contributed by atoms with Crippen molar-refractivity contribution in [3.05, 3.63) is 66.0 Å². The molecule has 0 heterocycles. The van der Waals surface area contributed by atoms with Crippen LogP contribution in [0.4, 0.5) is 5.69 Å². The molecule has 4 nitrogen and oxygen atoms in total. The number of halogens is 3. The topological polar surface area (TPSA) is 52.4 Å². The van der Waals surface area contributed by atoms with E-state index in [1.807, 2.05) is 12.1 Å². The zero-order chi connectivity index (χ0) is 14.7. The van der Waals surface area contributed by atoms with Crippen LogP contribution < -0.4 is 4.74 Å². The smallest absolute Gasteiger partial charge is 0.269 e. The summed E-state index contributed by atoms with van der Waals surface area (Å²) in [6.45, 7) is 0.154. The molecule has 2 rings (SSSR count). The highest BCUT2D eigenvalue weighted by atomic mass is 79.9. The quantitative estimate of drug-likeness (QED) is 0.494. The Bertz CT molecular complexity index is 664. The van der Waals surface area contributed by atoms with Crippen LogP contribution in [0.3, 0.4) is 0 Å². The van der Waals surface area contributed by atoms with E-state index < -0.39 is 4.92 Å². The Labute approximate surface area is 137 Å². The number of non-ortho nitro benzene ring substituents is 1. The van der Waals surface area contributed by atoms with E-state index in [-0.39, 0.29) is 12.3 Å². The molecule has 20 heavy (non-hydrogen) atoms. The van der Waals surface area contributed by atoms with Gasteiger partial charge in [0.1, 0.15) is 12.4 Å². The normalized spacial score (nSPS) is 10.3. The van der Waals surface area contributed by atoms with Gasteiger partial charge in [0.15, 0.2) is 0 Å². The minimum atomic E-state index is -0.463. The fourth-order valence-corrected chi connectivity index (χ4v) is 2.87. The summed E-state index contributed by atoms with van der Waals surface area (Å²) in [4.78, 5) is 10.3. The van der Waals surface area contributed by atoms with Crippen molar-refractivity contribution in [3.8, 4) is 5.75 Å². The van der Waals surface area contributed by atoms with Gasteiger partial charge in [-0.05, 0) is 40.2 Å². The van der Waals surface area contributed by atoms with Gasteiger partial charge in [0.25, 0.3) is 5.69 Å². The number of nitro benzene ring substituents is 1. The Morgan fingerprint density at radius 3 is 2.60 bits per heavy atom. The monoisotopic (exact) mass is 419 g/mol. The van der Waals surface area contributed by atoms with Crippen LogP contribution in [0, 0.1) is 10.1 Å². The first-order chi connectivity index (χ1) is 9.47. The third-order valence-electron chi connectivity index (χ3n) is 2.52. The number of hydrogen-bond donors (Lipinski definition) is 0. The van der Waals surface area contributed by atoms with Crippen molar-refractivity contribution < 1.29 is 9.66 Å². The highest BCUT2D eigenvalue weighted by molar-refractivity contribution is 9.11. The molecule has 0 saturated heterocycles. The summed E-state index contributed by atoms with van der Waals surface area (Å²) in [7, 11) is 0. The van der Waals surface area contributed by atoms with Gasteiger partial charge in [0.05, 0.1) is 9.40 Å². The highest BCUT2D eigenvalue weighted by Crippen LogP contribution is 2.30. The van der Waals surface area contributed by atoms with Crippen molar-refractivity contribution in [2.75, 3.05) is 0 Å². The molecule has 0 fully saturated rings. The van der Waals surface area contributed by atoms with Crippen LogP contribution in [0.5, 0.6) is 5.75 Å². The minimum absolute atomic E-state index is 0.0112. The second kappa shape index (κ2) is 6.56. The molecule has 0 spiro atoms. The van der Waals surface area contributed by atoms with E-state index in [9.17, 15) is 10.1 Å². The van der Waals surface area contributed by atoms with E-state index in [1.165, 1.54) is 18.2 Å². The van der Waals surface area contributed by atoms with E-state index in [0.717, 1.165) is 8.95 Å². The molecule has 0 bridgehead atoms. The number of nitro groups is 1. The Balaban J connectivity index is 2.18. The van der Waals surface area contributed by atoms with Crippen LogP contribution in [0.2, 0.25) is 5.02 Å². The molecule has 0 amide bonds. The van der Waals surface area contributed by atoms with Gasteiger partial charge in [-0.3, -0.25) is 10.1 Å². The largest absolute Gasteiger partial charge is 0.488 e. The predicted molar refractivity (Wildman–Crippen MR) is 84.3 cm³/mol. The molecule has 0 aliphatic carbocycles. The summed E-state index contributed by atoms with van der Waals surface area (Å²) in [6, 6.07) is 9.75. The van der Waals surface area contributed by atoms with E-state index in [2.05, 4.69) is 31.9 Å². The first-order valence-corrected chi connectivity index (χ1v) is 7.44. The maximum Gasteiger partial charge on any atom is 0.269 e. The molecule has 0 aliphatic heterocycles. The van der Waals surface area contributed by atoms with Crippen LogP contribution >= 0.6 is 43.5 Å². The third-order valence-corrected chi connectivity index (χ3v) is 4.00. The van der Waals surface area contributed by atoms with Crippen LogP contribution in [-0.2, 0) is 6.61 Å².